The number of ether oxygens (including phenoxy) is 1. The van der Waals surface area contributed by atoms with Crippen LogP contribution in [-0.4, -0.2) is 15.3 Å². The summed E-state index contributed by atoms with van der Waals surface area (Å²) in [5.41, 5.74) is 1.77. The molecule has 0 N–H and O–H groups in total. The minimum Gasteiger partial charge on any atom is -0.484 e. The first-order valence-electron chi connectivity index (χ1n) is 7.41. The highest BCUT2D eigenvalue weighted by atomic mass is 35.5. The smallest absolute Gasteiger partial charge is 0.152 e. The van der Waals surface area contributed by atoms with Crippen molar-refractivity contribution < 1.29 is 9.53 Å². The quantitative estimate of drug-likeness (QED) is 0.696. The Bertz CT molecular complexity index is 857. The molecule has 0 amide bonds. The summed E-state index contributed by atoms with van der Waals surface area (Å²) >= 11 is 6.12. The Morgan fingerprint density at radius 3 is 2.65 bits per heavy atom. The number of ketones is 1. The van der Waals surface area contributed by atoms with Crippen LogP contribution in [0.15, 0.2) is 48.5 Å². The molecule has 0 saturated heterocycles. The van der Waals surface area contributed by atoms with Crippen molar-refractivity contribution in [1.29, 1.82) is 0 Å². The average Bonchev–Trinajstić information content (AvgIpc) is 2.91. The number of para-hydroxylation sites is 3. The molecule has 0 aliphatic carbocycles. The SMILES string of the molecule is CC(=O)C(C)n1c(COc2ccccc2Cl)nc2ccccc21. The molecule has 0 aliphatic rings. The Kier molecular flexibility index (Phi) is 4.35. The van der Waals surface area contributed by atoms with Crippen molar-refractivity contribution in [3.63, 3.8) is 0 Å². The van der Waals surface area contributed by atoms with Crippen molar-refractivity contribution in [3.05, 3.63) is 59.4 Å². The Labute approximate surface area is 139 Å². The van der Waals surface area contributed by atoms with E-state index >= 15 is 0 Å². The molecule has 5 heteroatoms. The molecule has 23 heavy (non-hydrogen) atoms. The van der Waals surface area contributed by atoms with Crippen LogP contribution in [0.2, 0.25) is 5.02 Å². The molecule has 4 nitrogen and oxygen atoms in total. The van der Waals surface area contributed by atoms with Gasteiger partial charge >= 0.3 is 0 Å². The van der Waals surface area contributed by atoms with E-state index in [1.807, 2.05) is 54.0 Å². The molecule has 118 valence electrons. The van der Waals surface area contributed by atoms with E-state index in [1.54, 1.807) is 13.0 Å². The first-order chi connectivity index (χ1) is 11.1. The molecule has 0 radical (unpaired) electrons. The molecule has 0 bridgehead atoms. The lowest BCUT2D eigenvalue weighted by atomic mass is 10.2. The van der Waals surface area contributed by atoms with Gasteiger partial charge in [0.25, 0.3) is 0 Å². The van der Waals surface area contributed by atoms with E-state index in [9.17, 15) is 4.79 Å². The number of imidazole rings is 1. The Morgan fingerprint density at radius 2 is 1.91 bits per heavy atom. The average molecular weight is 329 g/mol. The minimum atomic E-state index is -0.299. The van der Waals surface area contributed by atoms with Gasteiger partial charge in [0.2, 0.25) is 0 Å². The standard InChI is InChI=1S/C18H17ClN2O2/c1-12(13(2)22)21-16-9-5-4-8-15(16)20-18(21)11-23-17-10-6-3-7-14(17)19/h3-10,12H,11H2,1-2H3. The predicted molar refractivity (Wildman–Crippen MR) is 90.9 cm³/mol. The highest BCUT2D eigenvalue weighted by molar-refractivity contribution is 6.32. The van der Waals surface area contributed by atoms with E-state index in [0.717, 1.165) is 11.0 Å². The fourth-order valence-electron chi connectivity index (χ4n) is 2.51. The molecule has 1 aromatic heterocycles. The second kappa shape index (κ2) is 6.42. The zero-order valence-corrected chi connectivity index (χ0v) is 13.7. The van der Waals surface area contributed by atoms with Gasteiger partial charge in [-0.1, -0.05) is 35.9 Å². The third kappa shape index (κ3) is 3.08. The van der Waals surface area contributed by atoms with E-state index < -0.39 is 0 Å². The maximum Gasteiger partial charge on any atom is 0.152 e. The second-order valence-electron chi connectivity index (χ2n) is 5.39. The molecule has 3 rings (SSSR count). The van der Waals surface area contributed by atoms with Gasteiger partial charge in [0, 0.05) is 0 Å². The van der Waals surface area contributed by atoms with Gasteiger partial charge in [-0.25, -0.2) is 4.98 Å². The van der Waals surface area contributed by atoms with Crippen LogP contribution in [0.5, 0.6) is 5.75 Å². The van der Waals surface area contributed by atoms with Crippen LogP contribution in [0.4, 0.5) is 0 Å². The third-order valence-corrected chi connectivity index (χ3v) is 4.15. The van der Waals surface area contributed by atoms with Crippen LogP contribution in [0.25, 0.3) is 11.0 Å². The van der Waals surface area contributed by atoms with Gasteiger partial charge < -0.3 is 9.30 Å². The van der Waals surface area contributed by atoms with Crippen LogP contribution in [0, 0.1) is 0 Å². The lowest BCUT2D eigenvalue weighted by molar-refractivity contribution is -0.119. The summed E-state index contributed by atoms with van der Waals surface area (Å²) < 4.78 is 7.72. The number of hydrogen-bond acceptors (Lipinski definition) is 3. The largest absolute Gasteiger partial charge is 0.484 e. The molecular weight excluding hydrogens is 312 g/mol. The molecule has 1 atom stereocenters. The van der Waals surface area contributed by atoms with Crippen LogP contribution in [0.3, 0.4) is 0 Å². The number of carbonyl (C=O) groups is 1. The van der Waals surface area contributed by atoms with Crippen molar-refractivity contribution >= 4 is 28.4 Å². The highest BCUT2D eigenvalue weighted by Gasteiger charge is 2.19. The maximum absolute atomic E-state index is 11.9. The first-order valence-corrected chi connectivity index (χ1v) is 7.79. The minimum absolute atomic E-state index is 0.0761. The zero-order valence-electron chi connectivity index (χ0n) is 13.0. The number of hydrogen-bond donors (Lipinski definition) is 0. The second-order valence-corrected chi connectivity index (χ2v) is 5.80. The number of rotatable bonds is 5. The normalized spacial score (nSPS) is 12.3. The lowest BCUT2D eigenvalue weighted by Gasteiger charge is -2.15. The summed E-state index contributed by atoms with van der Waals surface area (Å²) in [6.45, 7) is 3.70. The summed E-state index contributed by atoms with van der Waals surface area (Å²) in [4.78, 5) is 16.5. The fourth-order valence-corrected chi connectivity index (χ4v) is 2.70. The Hall–Kier alpha value is -2.33. The topological polar surface area (TPSA) is 44.1 Å². The first kappa shape index (κ1) is 15.6. The number of nitrogens with zero attached hydrogens (tertiary/aromatic N) is 2. The van der Waals surface area contributed by atoms with Crippen molar-refractivity contribution in [1.82, 2.24) is 9.55 Å². The van der Waals surface area contributed by atoms with E-state index in [0.29, 0.717) is 16.6 Å². The Balaban J connectivity index is 1.98. The van der Waals surface area contributed by atoms with Crippen LogP contribution in [-0.2, 0) is 11.4 Å². The van der Waals surface area contributed by atoms with Crippen molar-refractivity contribution in [2.24, 2.45) is 0 Å². The number of aromatic nitrogens is 2. The fraction of sp³-hybridized carbons (Fsp3) is 0.222. The molecule has 0 saturated carbocycles. The summed E-state index contributed by atoms with van der Waals surface area (Å²) in [7, 11) is 0. The van der Waals surface area contributed by atoms with Gasteiger partial charge in [-0.3, -0.25) is 4.79 Å². The molecular formula is C18H17ClN2O2. The van der Waals surface area contributed by atoms with Crippen LogP contribution in [0.1, 0.15) is 25.7 Å². The number of halogens is 1. The van der Waals surface area contributed by atoms with Gasteiger partial charge in [0.15, 0.2) is 5.78 Å². The van der Waals surface area contributed by atoms with Gasteiger partial charge in [0.05, 0.1) is 22.1 Å². The molecule has 3 aromatic rings. The number of fused-ring (bicyclic) bond motifs is 1. The number of benzene rings is 2. The summed E-state index contributed by atoms with van der Waals surface area (Å²) in [6, 6.07) is 14.8. The number of carbonyl (C=O) groups excluding carboxylic acids is 1. The molecule has 0 spiro atoms. The maximum atomic E-state index is 11.9. The van der Waals surface area contributed by atoms with Crippen molar-refractivity contribution in [2.75, 3.05) is 0 Å². The van der Waals surface area contributed by atoms with Gasteiger partial charge in [0.1, 0.15) is 18.2 Å². The Morgan fingerprint density at radius 1 is 1.22 bits per heavy atom. The van der Waals surface area contributed by atoms with Crippen LogP contribution >= 0.6 is 11.6 Å². The van der Waals surface area contributed by atoms with E-state index in [1.165, 1.54) is 0 Å². The zero-order chi connectivity index (χ0) is 16.4. The predicted octanol–water partition coefficient (Wildman–Crippen LogP) is 4.42. The van der Waals surface area contributed by atoms with Gasteiger partial charge in [-0.05, 0) is 38.1 Å². The lowest BCUT2D eigenvalue weighted by Crippen LogP contribution is -2.17. The molecule has 0 aliphatic heterocycles. The van der Waals surface area contributed by atoms with Crippen LogP contribution < -0.4 is 4.74 Å². The van der Waals surface area contributed by atoms with E-state index in [4.69, 9.17) is 16.3 Å². The molecule has 1 unspecified atom stereocenters. The van der Waals surface area contributed by atoms with Crippen molar-refractivity contribution in [2.45, 2.75) is 26.5 Å². The number of Topliss-reactive ketones (excluding diaryl/α,β-unsaturated/α-hetero) is 1. The van der Waals surface area contributed by atoms with Gasteiger partial charge in [-0.2, -0.15) is 0 Å². The van der Waals surface area contributed by atoms with Gasteiger partial charge in [-0.15, -0.1) is 0 Å². The molecule has 2 aromatic carbocycles. The van der Waals surface area contributed by atoms with E-state index in [2.05, 4.69) is 4.98 Å². The summed E-state index contributed by atoms with van der Waals surface area (Å²) in [5, 5.41) is 0.551. The summed E-state index contributed by atoms with van der Waals surface area (Å²) in [5.74, 6) is 1.38. The molecule has 0 fully saturated rings. The van der Waals surface area contributed by atoms with Crippen molar-refractivity contribution in [3.8, 4) is 5.75 Å². The summed E-state index contributed by atoms with van der Waals surface area (Å²) in [6.07, 6.45) is 0. The highest BCUT2D eigenvalue weighted by Crippen LogP contribution is 2.26. The molecule has 1 heterocycles. The third-order valence-electron chi connectivity index (χ3n) is 3.84. The monoisotopic (exact) mass is 328 g/mol. The van der Waals surface area contributed by atoms with E-state index in [-0.39, 0.29) is 18.4 Å².